The van der Waals surface area contributed by atoms with Crippen LogP contribution in [-0.2, 0) is 25.5 Å². The summed E-state index contributed by atoms with van der Waals surface area (Å²) in [5, 5.41) is 3.59. The summed E-state index contributed by atoms with van der Waals surface area (Å²) in [6, 6.07) is 53.7. The van der Waals surface area contributed by atoms with Crippen molar-refractivity contribution in [1.82, 2.24) is 14.5 Å². The maximum absolute atomic E-state index is 6.69. The van der Waals surface area contributed by atoms with Crippen molar-refractivity contribution in [2.45, 2.75) is 85.4 Å². The van der Waals surface area contributed by atoms with Crippen molar-refractivity contribution >= 4 is 46.2 Å². The summed E-state index contributed by atoms with van der Waals surface area (Å²) in [6.07, 6.45) is 2.02. The smallest absolute Gasteiger partial charge is 0.121 e. The Labute approximate surface area is 376 Å². The van der Waals surface area contributed by atoms with E-state index in [2.05, 4.69) is 193 Å². The minimum atomic E-state index is -1.23. The van der Waals surface area contributed by atoms with Gasteiger partial charge in [0.15, 0.2) is 0 Å². The zero-order chi connectivity index (χ0) is 42.3. The SMILES string of the molecule is CC(C)c1ccc2c(c1)oc1c(-c3nc4ccccc4n3-c3c(-c4ccccc4)cc(C(C)(C)C)cc3C(C)C)[c-]ccc12.C[Si](C)(C)c1ccc(-c2[c-]cccc2)nc1.[Ir]. The Hall–Kier alpha value is -5.39. The van der Waals surface area contributed by atoms with Crippen LogP contribution in [0.25, 0.3) is 72.4 Å². The third-order valence-corrected chi connectivity index (χ3v) is 13.5. The molecule has 6 aromatic carbocycles. The number of para-hydroxylation sites is 2. The molecule has 3 aromatic heterocycles. The van der Waals surface area contributed by atoms with E-state index in [0.717, 1.165) is 61.3 Å². The molecule has 61 heavy (non-hydrogen) atoms. The van der Waals surface area contributed by atoms with Crippen molar-refractivity contribution in [2.75, 3.05) is 0 Å². The van der Waals surface area contributed by atoms with Gasteiger partial charge in [-0.1, -0.05) is 152 Å². The van der Waals surface area contributed by atoms with Crippen LogP contribution in [0.5, 0.6) is 0 Å². The first kappa shape index (κ1) is 43.7. The monoisotopic (exact) mass is 994 g/mol. The molecule has 0 fully saturated rings. The molecule has 0 aliphatic rings. The van der Waals surface area contributed by atoms with Crippen LogP contribution < -0.4 is 5.19 Å². The van der Waals surface area contributed by atoms with Crippen molar-refractivity contribution in [1.29, 1.82) is 0 Å². The average Bonchev–Trinajstić information content (AvgIpc) is 3.82. The molecular weight excluding hydrogens is 939 g/mol. The van der Waals surface area contributed by atoms with Gasteiger partial charge < -0.3 is 14.0 Å². The van der Waals surface area contributed by atoms with E-state index < -0.39 is 8.07 Å². The molecule has 0 unspecified atom stereocenters. The van der Waals surface area contributed by atoms with Gasteiger partial charge in [-0.2, -0.15) is 0 Å². The Kier molecular flexibility index (Phi) is 12.6. The van der Waals surface area contributed by atoms with Crippen LogP contribution >= 0.6 is 0 Å². The molecule has 9 rings (SSSR count). The number of benzene rings is 6. The van der Waals surface area contributed by atoms with Crippen LogP contribution in [-0.4, -0.2) is 22.6 Å². The van der Waals surface area contributed by atoms with Crippen LogP contribution in [0.1, 0.15) is 77.0 Å². The fourth-order valence-corrected chi connectivity index (χ4v) is 8.91. The molecule has 6 heteroatoms. The van der Waals surface area contributed by atoms with Gasteiger partial charge in [0.05, 0.1) is 30.5 Å². The van der Waals surface area contributed by atoms with E-state index in [1.54, 1.807) is 0 Å². The first-order chi connectivity index (χ1) is 28.7. The molecule has 3 heterocycles. The third kappa shape index (κ3) is 8.86. The summed E-state index contributed by atoms with van der Waals surface area (Å²) >= 11 is 0. The van der Waals surface area contributed by atoms with Gasteiger partial charge in [-0.25, -0.2) is 0 Å². The van der Waals surface area contributed by atoms with E-state index in [0.29, 0.717) is 5.92 Å². The second kappa shape index (κ2) is 17.5. The van der Waals surface area contributed by atoms with E-state index in [1.807, 2.05) is 36.5 Å². The predicted octanol–water partition coefficient (Wildman–Crippen LogP) is 14.7. The zero-order valence-electron chi connectivity index (χ0n) is 37.0. The van der Waals surface area contributed by atoms with E-state index in [1.165, 1.54) is 33.0 Å². The van der Waals surface area contributed by atoms with Crippen molar-refractivity contribution in [3.63, 3.8) is 0 Å². The summed E-state index contributed by atoms with van der Waals surface area (Å²) < 4.78 is 9.05. The third-order valence-electron chi connectivity index (χ3n) is 11.5. The Morgan fingerprint density at radius 1 is 0.705 bits per heavy atom. The van der Waals surface area contributed by atoms with E-state index in [4.69, 9.17) is 9.40 Å². The number of aromatic nitrogens is 3. The van der Waals surface area contributed by atoms with Gasteiger partial charge in [0.25, 0.3) is 0 Å². The summed E-state index contributed by atoms with van der Waals surface area (Å²) in [6.45, 7) is 22.9. The van der Waals surface area contributed by atoms with E-state index >= 15 is 0 Å². The predicted molar refractivity (Wildman–Crippen MR) is 256 cm³/mol. The fraction of sp³-hybridized carbons (Fsp3) is 0.236. The first-order valence-corrected chi connectivity index (χ1v) is 24.7. The molecule has 0 bridgehead atoms. The maximum atomic E-state index is 6.69. The van der Waals surface area contributed by atoms with Crippen LogP contribution in [0.2, 0.25) is 19.6 Å². The van der Waals surface area contributed by atoms with Crippen molar-refractivity contribution in [3.8, 4) is 39.5 Å². The van der Waals surface area contributed by atoms with Gasteiger partial charge in [0.1, 0.15) is 5.58 Å². The number of imidazole rings is 1. The molecule has 0 spiro atoms. The van der Waals surface area contributed by atoms with Gasteiger partial charge >= 0.3 is 0 Å². The summed E-state index contributed by atoms with van der Waals surface area (Å²) in [4.78, 5) is 9.82. The van der Waals surface area contributed by atoms with Crippen LogP contribution in [0.4, 0.5) is 0 Å². The summed E-state index contributed by atoms with van der Waals surface area (Å²) in [5.41, 5.74) is 14.1. The van der Waals surface area contributed by atoms with Gasteiger partial charge in [0.2, 0.25) is 0 Å². The molecule has 0 aliphatic carbocycles. The Morgan fingerprint density at radius 2 is 1.44 bits per heavy atom. The fourth-order valence-electron chi connectivity index (χ4n) is 7.87. The normalized spacial score (nSPS) is 11.9. The number of nitrogens with zero attached hydrogens (tertiary/aromatic N) is 3. The number of pyridine rings is 1. The van der Waals surface area contributed by atoms with Gasteiger partial charge in [-0.15, -0.1) is 54.1 Å². The molecule has 9 aromatic rings. The zero-order valence-corrected chi connectivity index (χ0v) is 40.4. The Balaban J connectivity index is 0.000000278. The molecule has 0 aliphatic heterocycles. The van der Waals surface area contributed by atoms with Gasteiger partial charge in [-0.05, 0) is 74.7 Å². The molecule has 1 radical (unpaired) electrons. The van der Waals surface area contributed by atoms with Gasteiger partial charge in [-0.3, -0.25) is 4.98 Å². The molecule has 4 nitrogen and oxygen atoms in total. The number of hydrogen-bond acceptors (Lipinski definition) is 3. The van der Waals surface area contributed by atoms with E-state index in [9.17, 15) is 0 Å². The standard InChI is InChI=1S/C41H39N2O.C14H16NSi.Ir/c1-25(2)28-20-21-30-31-16-13-17-32(39(31)44-37(30)22-28)40-42-35-18-11-12-19-36(35)43(40)38-33(26(3)4)23-29(41(5,6)7)24-34(38)27-14-9-8-10-15-27;1-16(2,3)13-9-10-14(15-11-13)12-7-5-4-6-8-12;/h8-16,18-26H,1-7H3;4-7,9-11H,1-3H3;/q2*-1;. The van der Waals surface area contributed by atoms with Gasteiger partial charge in [0, 0.05) is 42.9 Å². The average molecular weight is 994 g/mol. The molecule has 311 valence electrons. The van der Waals surface area contributed by atoms with Crippen molar-refractivity contribution < 1.29 is 24.5 Å². The molecule has 0 saturated carbocycles. The maximum Gasteiger partial charge on any atom is 0.121 e. The molecule has 0 amide bonds. The van der Waals surface area contributed by atoms with Crippen molar-refractivity contribution in [3.05, 3.63) is 168 Å². The minimum Gasteiger partial charge on any atom is -0.501 e. The minimum absolute atomic E-state index is 0. The van der Waals surface area contributed by atoms with Crippen molar-refractivity contribution in [2.24, 2.45) is 0 Å². The quantitative estimate of drug-likeness (QED) is 0.118. The van der Waals surface area contributed by atoms with Crippen LogP contribution in [0, 0.1) is 12.1 Å². The second-order valence-corrected chi connectivity index (χ2v) is 23.6. The molecule has 0 N–H and O–H groups in total. The van der Waals surface area contributed by atoms with Crippen LogP contribution in [0.3, 0.4) is 0 Å². The Bertz CT molecular complexity index is 2930. The summed E-state index contributed by atoms with van der Waals surface area (Å²) in [5.74, 6) is 1.54. The topological polar surface area (TPSA) is 43.9 Å². The van der Waals surface area contributed by atoms with E-state index in [-0.39, 0.29) is 31.4 Å². The Morgan fingerprint density at radius 3 is 2.10 bits per heavy atom. The first-order valence-electron chi connectivity index (χ1n) is 21.2. The molecule has 0 saturated heterocycles. The number of hydrogen-bond donors (Lipinski definition) is 0. The molecule has 0 atom stereocenters. The number of furan rings is 1. The molecular formula is C55H55IrN3OSi-2. The summed E-state index contributed by atoms with van der Waals surface area (Å²) in [7, 11) is -1.23. The number of rotatable bonds is 7. The van der Waals surface area contributed by atoms with Crippen LogP contribution in [0.15, 0.2) is 144 Å². The largest absolute Gasteiger partial charge is 0.501 e. The number of fused-ring (bicyclic) bond motifs is 4. The second-order valence-electron chi connectivity index (χ2n) is 18.6.